The molecule has 2 N–H and O–H groups in total. The van der Waals surface area contributed by atoms with Crippen molar-refractivity contribution in [2.24, 2.45) is 0 Å². The summed E-state index contributed by atoms with van der Waals surface area (Å²) in [5.41, 5.74) is 0.918. The number of rotatable bonds is 7. The zero-order chi connectivity index (χ0) is 19.2. The highest BCUT2D eigenvalue weighted by atomic mass is 35.5. The molecule has 0 saturated heterocycles. The number of fused-ring (bicyclic) bond motifs is 1. The van der Waals surface area contributed by atoms with Crippen LogP contribution >= 0.6 is 34.5 Å². The number of carbonyl (C=O) groups is 2. The molecule has 2 amide bonds. The number of hydrogen-bond donors (Lipinski definition) is 2. The summed E-state index contributed by atoms with van der Waals surface area (Å²) in [6.45, 7) is 0.265. The fraction of sp³-hybridized carbons (Fsp3) is 0.200. The van der Waals surface area contributed by atoms with Gasteiger partial charge >= 0.3 is 0 Å². The molecule has 7 heteroatoms. The number of carbonyl (C=O) groups excluding carboxylic acids is 2. The van der Waals surface area contributed by atoms with E-state index in [1.54, 1.807) is 6.07 Å². The summed E-state index contributed by atoms with van der Waals surface area (Å²) in [6.07, 6.45) is 0.241. The summed E-state index contributed by atoms with van der Waals surface area (Å²) in [5, 5.41) is 7.94. The van der Waals surface area contributed by atoms with Gasteiger partial charge in [-0.2, -0.15) is 0 Å². The van der Waals surface area contributed by atoms with Crippen LogP contribution in [0.3, 0.4) is 0 Å². The second-order valence-corrected chi connectivity index (χ2v) is 8.11. The Morgan fingerprint density at radius 2 is 1.78 bits per heavy atom. The van der Waals surface area contributed by atoms with Crippen LogP contribution in [-0.4, -0.2) is 24.2 Å². The standard InChI is InChI=1S/C20H18Cl2N2O2S/c21-11-20(26)23-12-17(24-19(25)10-16-7-8-18(22)27-16)15-6-5-13-3-1-2-4-14(13)9-15/h1-9,17H,10-12H2,(H,23,26)(H,24,25). The monoisotopic (exact) mass is 420 g/mol. The molecule has 0 saturated carbocycles. The predicted molar refractivity (Wildman–Crippen MR) is 112 cm³/mol. The Balaban J connectivity index is 1.78. The molecule has 3 aromatic rings. The van der Waals surface area contributed by atoms with Crippen molar-refractivity contribution in [3.63, 3.8) is 0 Å². The van der Waals surface area contributed by atoms with Gasteiger partial charge in [0, 0.05) is 11.4 Å². The van der Waals surface area contributed by atoms with Crippen LogP contribution in [0.25, 0.3) is 10.8 Å². The second kappa shape index (κ2) is 9.22. The first-order chi connectivity index (χ1) is 13.0. The Kier molecular flexibility index (Phi) is 6.72. The minimum absolute atomic E-state index is 0.119. The first-order valence-corrected chi connectivity index (χ1v) is 10.1. The number of amides is 2. The molecule has 0 aliphatic carbocycles. The summed E-state index contributed by atoms with van der Waals surface area (Å²) in [4.78, 5) is 25.0. The van der Waals surface area contributed by atoms with Crippen molar-refractivity contribution < 1.29 is 9.59 Å². The number of alkyl halides is 1. The predicted octanol–water partition coefficient (Wildman–Crippen LogP) is 4.31. The van der Waals surface area contributed by atoms with E-state index in [0.717, 1.165) is 21.2 Å². The fourth-order valence-corrected chi connectivity index (χ4v) is 3.97. The van der Waals surface area contributed by atoms with Crippen LogP contribution in [0, 0.1) is 0 Å². The summed E-state index contributed by atoms with van der Waals surface area (Å²) in [5.74, 6) is -0.528. The van der Waals surface area contributed by atoms with Gasteiger partial charge in [0.05, 0.1) is 16.8 Å². The molecular weight excluding hydrogens is 403 g/mol. The number of benzene rings is 2. The lowest BCUT2D eigenvalue weighted by Gasteiger charge is -2.20. The minimum atomic E-state index is -0.357. The van der Waals surface area contributed by atoms with Gasteiger partial charge in [-0.1, -0.05) is 48.0 Å². The van der Waals surface area contributed by atoms with E-state index in [0.29, 0.717) is 4.34 Å². The lowest BCUT2D eigenvalue weighted by atomic mass is 10.0. The Hall–Kier alpha value is -2.08. The number of thiophene rings is 1. The molecule has 3 rings (SSSR count). The first-order valence-electron chi connectivity index (χ1n) is 8.40. The fourth-order valence-electron chi connectivity index (χ4n) is 2.79. The highest BCUT2D eigenvalue weighted by Gasteiger charge is 2.17. The molecule has 27 heavy (non-hydrogen) atoms. The molecule has 0 spiro atoms. The third-order valence-corrected chi connectivity index (χ3v) is 5.57. The molecule has 2 aromatic carbocycles. The maximum absolute atomic E-state index is 12.5. The van der Waals surface area contributed by atoms with Crippen LogP contribution in [0.2, 0.25) is 4.34 Å². The van der Waals surface area contributed by atoms with E-state index < -0.39 is 0 Å². The van der Waals surface area contributed by atoms with E-state index in [9.17, 15) is 9.59 Å². The average molecular weight is 421 g/mol. The van der Waals surface area contributed by atoms with Crippen molar-refractivity contribution in [3.8, 4) is 0 Å². The van der Waals surface area contributed by atoms with Crippen molar-refractivity contribution in [3.05, 3.63) is 69.4 Å². The smallest absolute Gasteiger partial charge is 0.235 e. The molecule has 0 aliphatic heterocycles. The number of nitrogens with one attached hydrogen (secondary N) is 2. The van der Waals surface area contributed by atoms with E-state index in [2.05, 4.69) is 10.6 Å². The molecular formula is C20H18Cl2N2O2S. The van der Waals surface area contributed by atoms with Gasteiger partial charge in [0.2, 0.25) is 11.8 Å². The molecule has 0 aliphatic rings. The van der Waals surface area contributed by atoms with Crippen LogP contribution in [0.5, 0.6) is 0 Å². The van der Waals surface area contributed by atoms with Crippen molar-refractivity contribution in [1.29, 1.82) is 0 Å². The maximum atomic E-state index is 12.5. The molecule has 0 bridgehead atoms. The molecule has 4 nitrogen and oxygen atoms in total. The van der Waals surface area contributed by atoms with Crippen LogP contribution in [0.15, 0.2) is 54.6 Å². The molecule has 0 radical (unpaired) electrons. The molecule has 1 heterocycles. The summed E-state index contributed by atoms with van der Waals surface area (Å²) in [7, 11) is 0. The van der Waals surface area contributed by atoms with Gasteiger partial charge in [-0.25, -0.2) is 0 Å². The van der Waals surface area contributed by atoms with E-state index in [4.69, 9.17) is 23.2 Å². The zero-order valence-corrected chi connectivity index (χ0v) is 16.7. The van der Waals surface area contributed by atoms with Gasteiger partial charge in [0.1, 0.15) is 5.88 Å². The van der Waals surface area contributed by atoms with E-state index in [-0.39, 0.29) is 36.7 Å². The van der Waals surface area contributed by atoms with Crippen LogP contribution in [-0.2, 0) is 16.0 Å². The molecule has 1 aromatic heterocycles. The van der Waals surface area contributed by atoms with E-state index in [1.165, 1.54) is 11.3 Å². The largest absolute Gasteiger partial charge is 0.353 e. The summed E-state index contributed by atoms with van der Waals surface area (Å²) >= 11 is 12.9. The first kappa shape index (κ1) is 19.7. The Bertz CT molecular complexity index is 958. The summed E-state index contributed by atoms with van der Waals surface area (Å²) < 4.78 is 0.651. The van der Waals surface area contributed by atoms with Crippen molar-refractivity contribution in [2.75, 3.05) is 12.4 Å². The van der Waals surface area contributed by atoms with Crippen LogP contribution < -0.4 is 10.6 Å². The highest BCUT2D eigenvalue weighted by molar-refractivity contribution is 7.16. The van der Waals surface area contributed by atoms with Gasteiger partial charge in [0.25, 0.3) is 0 Å². The molecule has 1 atom stereocenters. The number of hydrogen-bond acceptors (Lipinski definition) is 3. The molecule has 1 unspecified atom stereocenters. The SMILES string of the molecule is O=C(CCl)NCC(NC(=O)Cc1ccc(Cl)s1)c1ccc2ccccc2c1. The maximum Gasteiger partial charge on any atom is 0.235 e. The van der Waals surface area contributed by atoms with Crippen LogP contribution in [0.1, 0.15) is 16.5 Å². The van der Waals surface area contributed by atoms with Crippen LogP contribution in [0.4, 0.5) is 0 Å². The van der Waals surface area contributed by atoms with Crippen molar-refractivity contribution in [1.82, 2.24) is 10.6 Å². The van der Waals surface area contributed by atoms with E-state index >= 15 is 0 Å². The van der Waals surface area contributed by atoms with Gasteiger partial charge in [-0.15, -0.1) is 22.9 Å². The van der Waals surface area contributed by atoms with Crippen molar-refractivity contribution in [2.45, 2.75) is 12.5 Å². The quantitative estimate of drug-likeness (QED) is 0.559. The Morgan fingerprint density at radius 3 is 2.48 bits per heavy atom. The normalized spacial score (nSPS) is 11.9. The topological polar surface area (TPSA) is 58.2 Å². The van der Waals surface area contributed by atoms with Crippen molar-refractivity contribution >= 4 is 57.1 Å². The van der Waals surface area contributed by atoms with Gasteiger partial charge < -0.3 is 10.6 Å². The summed E-state index contributed by atoms with van der Waals surface area (Å²) in [6, 6.07) is 17.2. The highest BCUT2D eigenvalue weighted by Crippen LogP contribution is 2.23. The van der Waals surface area contributed by atoms with Gasteiger partial charge in [-0.3, -0.25) is 9.59 Å². The molecule has 140 valence electrons. The minimum Gasteiger partial charge on any atom is -0.353 e. The average Bonchev–Trinajstić information content (AvgIpc) is 3.08. The number of halogens is 2. The molecule has 0 fully saturated rings. The second-order valence-electron chi connectivity index (χ2n) is 6.05. The lowest BCUT2D eigenvalue weighted by molar-refractivity contribution is -0.122. The van der Waals surface area contributed by atoms with Gasteiger partial charge in [0.15, 0.2) is 0 Å². The Morgan fingerprint density at radius 1 is 1.00 bits per heavy atom. The zero-order valence-electron chi connectivity index (χ0n) is 14.4. The third kappa shape index (κ3) is 5.45. The third-order valence-electron chi connectivity index (χ3n) is 4.10. The van der Waals surface area contributed by atoms with E-state index in [1.807, 2.05) is 48.5 Å². The Labute approximate surface area is 171 Å². The lowest BCUT2D eigenvalue weighted by Crippen LogP contribution is -2.38. The van der Waals surface area contributed by atoms with Gasteiger partial charge in [-0.05, 0) is 34.5 Å².